The number of aryl methyl sites for hydroxylation is 3. The molecule has 0 bridgehead atoms. The highest BCUT2D eigenvalue weighted by molar-refractivity contribution is 7.92. The second-order valence-corrected chi connectivity index (χ2v) is 11.7. The summed E-state index contributed by atoms with van der Waals surface area (Å²) in [5, 5.41) is 4.42. The molecule has 1 amide bonds. The Hall–Kier alpha value is -4.08. The van der Waals surface area contributed by atoms with Gasteiger partial charge in [0.25, 0.3) is 15.9 Å². The van der Waals surface area contributed by atoms with Crippen LogP contribution in [0.1, 0.15) is 28.1 Å². The number of ether oxygens (including phenoxy) is 1. The third kappa shape index (κ3) is 6.05. The standard InChI is InChI=1S/C30H31ClN4O4S/c1-20-11-13-26(15-21(20)2)35-22(3)16-24(23(35)4)18-32-33-30(36)19-34(28-17-25(31)12-14-29(28)39-5)40(37,38)27-9-7-6-8-10-27/h6-18H,19H2,1-5H3,(H,33,36)/b32-18-. The van der Waals surface area contributed by atoms with E-state index in [-0.39, 0.29) is 16.3 Å². The molecule has 8 nitrogen and oxygen atoms in total. The van der Waals surface area contributed by atoms with Gasteiger partial charge in [-0.2, -0.15) is 5.10 Å². The number of hydrazone groups is 1. The molecule has 1 heterocycles. The molecule has 4 rings (SSSR count). The van der Waals surface area contributed by atoms with Crippen LogP contribution in [-0.4, -0.2) is 38.8 Å². The lowest BCUT2D eigenvalue weighted by Crippen LogP contribution is -2.39. The molecule has 0 radical (unpaired) electrons. The molecule has 0 aliphatic heterocycles. The molecule has 3 aromatic carbocycles. The third-order valence-corrected chi connectivity index (χ3v) is 8.65. The second kappa shape index (κ2) is 12.0. The van der Waals surface area contributed by atoms with Crippen molar-refractivity contribution in [2.24, 2.45) is 5.10 Å². The normalized spacial score (nSPS) is 11.6. The molecular formula is C30H31ClN4O4S. The first-order valence-corrected chi connectivity index (χ1v) is 14.3. The van der Waals surface area contributed by atoms with Crippen LogP contribution in [0.5, 0.6) is 5.75 Å². The summed E-state index contributed by atoms with van der Waals surface area (Å²) in [4.78, 5) is 13.0. The van der Waals surface area contributed by atoms with E-state index in [1.165, 1.54) is 36.4 Å². The van der Waals surface area contributed by atoms with Crippen LogP contribution in [0.15, 0.2) is 82.8 Å². The molecule has 1 N–H and O–H groups in total. The Balaban J connectivity index is 1.59. The Kier molecular flexibility index (Phi) is 8.66. The van der Waals surface area contributed by atoms with Crippen molar-refractivity contribution in [3.05, 3.63) is 106 Å². The highest BCUT2D eigenvalue weighted by atomic mass is 35.5. The average Bonchev–Trinajstić information content (AvgIpc) is 3.21. The fourth-order valence-corrected chi connectivity index (χ4v) is 6.01. The number of carbonyl (C=O) groups excluding carboxylic acids is 1. The van der Waals surface area contributed by atoms with E-state index in [0.29, 0.717) is 5.02 Å². The molecular weight excluding hydrogens is 548 g/mol. The predicted molar refractivity (Wildman–Crippen MR) is 159 cm³/mol. The fourth-order valence-electron chi connectivity index (χ4n) is 4.40. The van der Waals surface area contributed by atoms with Crippen molar-refractivity contribution < 1.29 is 17.9 Å². The van der Waals surface area contributed by atoms with Gasteiger partial charge in [0.15, 0.2) is 0 Å². The van der Waals surface area contributed by atoms with Crippen LogP contribution in [0, 0.1) is 27.7 Å². The molecule has 40 heavy (non-hydrogen) atoms. The largest absolute Gasteiger partial charge is 0.495 e. The zero-order chi connectivity index (χ0) is 29.0. The van der Waals surface area contributed by atoms with Gasteiger partial charge in [-0.05, 0) is 87.4 Å². The first-order chi connectivity index (χ1) is 19.0. The van der Waals surface area contributed by atoms with Crippen LogP contribution in [0.3, 0.4) is 0 Å². The number of rotatable bonds is 9. The first kappa shape index (κ1) is 28.9. The van der Waals surface area contributed by atoms with Crippen molar-refractivity contribution in [1.29, 1.82) is 0 Å². The lowest BCUT2D eigenvalue weighted by atomic mass is 10.1. The lowest BCUT2D eigenvalue weighted by Gasteiger charge is -2.25. The number of anilines is 1. The van der Waals surface area contributed by atoms with Crippen LogP contribution >= 0.6 is 11.6 Å². The number of amides is 1. The fraction of sp³-hybridized carbons (Fsp3) is 0.200. The zero-order valence-electron chi connectivity index (χ0n) is 23.0. The van der Waals surface area contributed by atoms with Crippen molar-refractivity contribution in [3.8, 4) is 11.4 Å². The van der Waals surface area contributed by atoms with Crippen molar-refractivity contribution in [1.82, 2.24) is 9.99 Å². The first-order valence-electron chi connectivity index (χ1n) is 12.5. The van der Waals surface area contributed by atoms with Gasteiger partial charge in [-0.15, -0.1) is 0 Å². The SMILES string of the molecule is COc1ccc(Cl)cc1N(CC(=O)N/N=C\c1cc(C)n(-c2ccc(C)c(C)c2)c1C)S(=O)(=O)c1ccccc1. The minimum Gasteiger partial charge on any atom is -0.495 e. The number of nitrogens with zero attached hydrogens (tertiary/aromatic N) is 3. The van der Waals surface area contributed by atoms with Gasteiger partial charge in [0.05, 0.1) is 23.9 Å². The van der Waals surface area contributed by atoms with Crippen molar-refractivity contribution in [2.45, 2.75) is 32.6 Å². The minimum absolute atomic E-state index is 0.0205. The predicted octanol–water partition coefficient (Wildman–Crippen LogP) is 5.72. The molecule has 0 saturated carbocycles. The summed E-state index contributed by atoms with van der Waals surface area (Å²) in [5.74, 6) is -0.389. The topological polar surface area (TPSA) is 93.0 Å². The molecule has 0 spiro atoms. The van der Waals surface area contributed by atoms with Crippen LogP contribution in [0.2, 0.25) is 5.02 Å². The van der Waals surface area contributed by atoms with Crippen molar-refractivity contribution >= 4 is 39.4 Å². The molecule has 0 aliphatic carbocycles. The number of carbonyl (C=O) groups is 1. The van der Waals surface area contributed by atoms with Crippen molar-refractivity contribution in [3.63, 3.8) is 0 Å². The van der Waals surface area contributed by atoms with Gasteiger partial charge in [0.1, 0.15) is 12.3 Å². The number of halogens is 1. The zero-order valence-corrected chi connectivity index (χ0v) is 24.5. The maximum absolute atomic E-state index is 13.6. The highest BCUT2D eigenvalue weighted by Crippen LogP contribution is 2.34. The molecule has 0 atom stereocenters. The summed E-state index contributed by atoms with van der Waals surface area (Å²) >= 11 is 6.19. The Morgan fingerprint density at radius 1 is 1.00 bits per heavy atom. The smallest absolute Gasteiger partial charge is 0.264 e. The molecule has 10 heteroatoms. The van der Waals surface area contributed by atoms with E-state index >= 15 is 0 Å². The Labute approximate surface area is 239 Å². The molecule has 0 saturated heterocycles. The quantitative estimate of drug-likeness (QED) is 0.203. The molecule has 0 fully saturated rings. The molecule has 208 valence electrons. The summed E-state index contributed by atoms with van der Waals surface area (Å²) < 4.78 is 35.7. The average molecular weight is 579 g/mol. The highest BCUT2D eigenvalue weighted by Gasteiger charge is 2.29. The number of hydrogen-bond acceptors (Lipinski definition) is 5. The summed E-state index contributed by atoms with van der Waals surface area (Å²) in [5.41, 5.74) is 8.84. The van der Waals surface area contributed by atoms with Gasteiger partial charge in [0.2, 0.25) is 0 Å². The van der Waals surface area contributed by atoms with Gasteiger partial charge in [-0.3, -0.25) is 9.10 Å². The van der Waals surface area contributed by atoms with Gasteiger partial charge >= 0.3 is 0 Å². The van der Waals surface area contributed by atoms with E-state index in [1.807, 2.05) is 19.9 Å². The number of sulfonamides is 1. The number of nitrogens with one attached hydrogen (secondary N) is 1. The number of aromatic nitrogens is 1. The van der Waals surface area contributed by atoms with E-state index < -0.39 is 22.5 Å². The Bertz CT molecular complexity index is 1680. The van der Waals surface area contributed by atoms with Crippen LogP contribution in [0.4, 0.5) is 5.69 Å². The summed E-state index contributed by atoms with van der Waals surface area (Å²) in [7, 11) is -2.73. The lowest BCUT2D eigenvalue weighted by molar-refractivity contribution is -0.119. The third-order valence-electron chi connectivity index (χ3n) is 6.64. The van der Waals surface area contributed by atoms with Gasteiger partial charge in [-0.25, -0.2) is 13.8 Å². The van der Waals surface area contributed by atoms with Crippen molar-refractivity contribution in [2.75, 3.05) is 18.0 Å². The van der Waals surface area contributed by atoms with E-state index in [2.05, 4.69) is 47.1 Å². The number of hydrogen-bond donors (Lipinski definition) is 1. The molecule has 0 unspecified atom stereocenters. The monoisotopic (exact) mass is 578 g/mol. The summed E-state index contributed by atoms with van der Waals surface area (Å²) in [6.45, 7) is 7.58. The van der Waals surface area contributed by atoms with E-state index in [0.717, 1.165) is 26.9 Å². The van der Waals surface area contributed by atoms with Gasteiger partial charge in [0, 0.05) is 27.7 Å². The summed E-state index contributed by atoms with van der Waals surface area (Å²) in [6.07, 6.45) is 1.55. The Morgan fingerprint density at radius 3 is 2.40 bits per heavy atom. The van der Waals surface area contributed by atoms with E-state index in [1.54, 1.807) is 36.5 Å². The maximum atomic E-state index is 13.6. The Morgan fingerprint density at radius 2 is 1.73 bits per heavy atom. The van der Waals surface area contributed by atoms with Crippen LogP contribution in [-0.2, 0) is 14.8 Å². The van der Waals surface area contributed by atoms with Gasteiger partial charge < -0.3 is 9.30 Å². The second-order valence-electron chi connectivity index (χ2n) is 9.36. The van der Waals surface area contributed by atoms with E-state index in [9.17, 15) is 13.2 Å². The summed E-state index contributed by atoms with van der Waals surface area (Å²) in [6, 6.07) is 20.7. The molecule has 1 aromatic heterocycles. The molecule has 0 aliphatic rings. The number of methoxy groups -OCH3 is 1. The van der Waals surface area contributed by atoms with Gasteiger partial charge in [-0.1, -0.05) is 35.9 Å². The molecule has 4 aromatic rings. The van der Waals surface area contributed by atoms with Crippen LogP contribution < -0.4 is 14.5 Å². The minimum atomic E-state index is -4.14. The van der Waals surface area contributed by atoms with E-state index in [4.69, 9.17) is 16.3 Å². The number of benzene rings is 3. The van der Waals surface area contributed by atoms with Crippen LogP contribution in [0.25, 0.3) is 5.69 Å². The maximum Gasteiger partial charge on any atom is 0.264 e.